The van der Waals surface area contributed by atoms with Gasteiger partial charge in [0.15, 0.2) is 17.8 Å². The molecule has 1 amide bonds. The number of para-hydroxylation sites is 1. The second-order valence-corrected chi connectivity index (χ2v) is 9.80. The van der Waals surface area contributed by atoms with Gasteiger partial charge in [-0.1, -0.05) is 17.7 Å². The summed E-state index contributed by atoms with van der Waals surface area (Å²) in [6.45, 7) is -2.87. The summed E-state index contributed by atoms with van der Waals surface area (Å²) in [6.07, 6.45) is -18.5. The Hall–Kier alpha value is -4.39. The van der Waals surface area contributed by atoms with Gasteiger partial charge >= 0.3 is 24.2 Å². The molecular formula is C25H19ClF9N7O3. The molecule has 10 nitrogen and oxygen atoms in total. The first kappa shape index (κ1) is 33.5. The molecule has 0 saturated heterocycles. The highest BCUT2D eigenvalue weighted by atomic mass is 35.5. The van der Waals surface area contributed by atoms with Crippen molar-refractivity contribution in [1.82, 2.24) is 34.4 Å². The Labute approximate surface area is 250 Å². The fourth-order valence-corrected chi connectivity index (χ4v) is 4.15. The molecule has 20 heteroatoms. The van der Waals surface area contributed by atoms with E-state index < -0.39 is 79.1 Å². The van der Waals surface area contributed by atoms with E-state index in [1.807, 2.05) is 5.32 Å². The highest BCUT2D eigenvalue weighted by Crippen LogP contribution is 2.35. The van der Waals surface area contributed by atoms with Crippen LogP contribution >= 0.6 is 11.6 Å². The number of hydrogen-bond acceptors (Lipinski definition) is 6. The first-order valence-corrected chi connectivity index (χ1v) is 12.9. The Morgan fingerprint density at radius 3 is 2.24 bits per heavy atom. The summed E-state index contributed by atoms with van der Waals surface area (Å²) in [6, 6.07) is 7.79. The summed E-state index contributed by atoms with van der Waals surface area (Å²) >= 11 is 5.85. The number of aliphatic hydroxyl groups excluding tert-OH is 1. The van der Waals surface area contributed by atoms with E-state index in [1.54, 1.807) is 0 Å². The van der Waals surface area contributed by atoms with Gasteiger partial charge in [-0.25, -0.2) is 19.1 Å². The zero-order chi connectivity index (χ0) is 33.3. The van der Waals surface area contributed by atoms with Gasteiger partial charge in [0.1, 0.15) is 12.9 Å². The van der Waals surface area contributed by atoms with E-state index in [0.29, 0.717) is 20.0 Å². The summed E-state index contributed by atoms with van der Waals surface area (Å²) in [5.74, 6) is -1.98. The number of amides is 1. The Morgan fingerprint density at radius 1 is 0.978 bits per heavy atom. The number of nitrogens with zero attached hydrogens (tertiary/aromatic N) is 6. The lowest BCUT2D eigenvalue weighted by Gasteiger charge is -2.16. The molecule has 45 heavy (non-hydrogen) atoms. The Kier molecular flexibility index (Phi) is 9.34. The lowest BCUT2D eigenvalue weighted by Crippen LogP contribution is -2.37. The van der Waals surface area contributed by atoms with Crippen molar-refractivity contribution in [3.8, 4) is 17.1 Å². The fourth-order valence-electron chi connectivity index (χ4n) is 4.02. The quantitative estimate of drug-likeness (QED) is 0.251. The molecule has 0 radical (unpaired) electrons. The van der Waals surface area contributed by atoms with Crippen molar-refractivity contribution in [1.29, 1.82) is 0 Å². The summed E-state index contributed by atoms with van der Waals surface area (Å²) in [5, 5.41) is 19.6. The summed E-state index contributed by atoms with van der Waals surface area (Å²) < 4.78 is 120. The normalized spacial score (nSPS) is 13.2. The number of hydrogen-bond donors (Lipinski definition) is 2. The fraction of sp³-hybridized carbons (Fsp3) is 0.320. The molecule has 4 rings (SSSR count). The molecule has 4 aromatic rings. The number of aliphatic hydroxyl groups is 1. The molecule has 0 aliphatic carbocycles. The number of rotatable bonds is 9. The number of carbonyl (C=O) groups is 1. The van der Waals surface area contributed by atoms with Crippen molar-refractivity contribution >= 4 is 17.5 Å². The number of benzene rings is 2. The molecule has 2 N–H and O–H groups in total. The third-order valence-corrected chi connectivity index (χ3v) is 6.35. The van der Waals surface area contributed by atoms with Crippen molar-refractivity contribution in [2.75, 3.05) is 6.54 Å². The Balaban J connectivity index is 1.72. The van der Waals surface area contributed by atoms with Crippen LogP contribution in [0.25, 0.3) is 17.1 Å². The third-order valence-electron chi connectivity index (χ3n) is 6.10. The standard InChI is InChI=1S/C25H19ClF9N7O3/c26-14-6-4-13(5-7-14)20-39-41(22(45)40(20)10-17(43)25(33,34)35)11-18-37-12-42(38-18)19-15(2-1-3-16(19)24(30,31)32)21(44)36-9-8-23(27,28)29/h1-7,12,17,43H,8-11H2,(H,36,44). The highest BCUT2D eigenvalue weighted by molar-refractivity contribution is 6.30. The van der Waals surface area contributed by atoms with E-state index in [2.05, 4.69) is 15.2 Å². The first-order valence-electron chi connectivity index (χ1n) is 12.5. The lowest BCUT2D eigenvalue weighted by atomic mass is 10.1. The molecule has 0 bridgehead atoms. The van der Waals surface area contributed by atoms with Crippen molar-refractivity contribution < 1.29 is 49.4 Å². The summed E-state index contributed by atoms with van der Waals surface area (Å²) in [4.78, 5) is 29.5. The van der Waals surface area contributed by atoms with Crippen LogP contribution in [0.3, 0.4) is 0 Å². The van der Waals surface area contributed by atoms with Gasteiger partial charge in [-0.05, 0) is 36.4 Å². The van der Waals surface area contributed by atoms with Crippen LogP contribution in [0, 0.1) is 0 Å². The van der Waals surface area contributed by atoms with E-state index in [9.17, 15) is 54.2 Å². The molecular weight excluding hydrogens is 653 g/mol. The second kappa shape index (κ2) is 12.5. The summed E-state index contributed by atoms with van der Waals surface area (Å²) in [7, 11) is 0. The lowest BCUT2D eigenvalue weighted by molar-refractivity contribution is -0.207. The monoisotopic (exact) mass is 671 g/mol. The molecule has 0 spiro atoms. The average molecular weight is 672 g/mol. The Bertz CT molecular complexity index is 1730. The highest BCUT2D eigenvalue weighted by Gasteiger charge is 2.40. The number of nitrogens with one attached hydrogen (secondary N) is 1. The van der Waals surface area contributed by atoms with Crippen molar-refractivity contribution in [2.24, 2.45) is 0 Å². The van der Waals surface area contributed by atoms with Crippen molar-refractivity contribution in [2.45, 2.75) is 44.1 Å². The minimum absolute atomic E-state index is 0.128. The maximum Gasteiger partial charge on any atom is 0.418 e. The topological polar surface area (TPSA) is 120 Å². The van der Waals surface area contributed by atoms with Crippen LogP contribution in [0.2, 0.25) is 5.02 Å². The van der Waals surface area contributed by atoms with Gasteiger partial charge in [0, 0.05) is 17.1 Å². The molecule has 0 aliphatic rings. The van der Waals surface area contributed by atoms with E-state index in [1.165, 1.54) is 24.3 Å². The molecule has 2 aromatic heterocycles. The van der Waals surface area contributed by atoms with Gasteiger partial charge in [0.05, 0.1) is 29.8 Å². The van der Waals surface area contributed by atoms with Gasteiger partial charge in [0.2, 0.25) is 0 Å². The van der Waals surface area contributed by atoms with E-state index in [0.717, 1.165) is 18.5 Å². The van der Waals surface area contributed by atoms with Gasteiger partial charge in [-0.3, -0.25) is 9.36 Å². The van der Waals surface area contributed by atoms with E-state index >= 15 is 0 Å². The SMILES string of the molecule is O=C(NCCC(F)(F)F)c1cccc(C(F)(F)F)c1-n1cnc(Cn2nc(-c3ccc(Cl)cc3)n(CC(O)C(F)(F)F)c2=O)n1. The molecule has 1 atom stereocenters. The second-order valence-electron chi connectivity index (χ2n) is 9.36. The molecule has 2 aromatic carbocycles. The maximum absolute atomic E-state index is 13.9. The van der Waals surface area contributed by atoms with Crippen LogP contribution in [-0.4, -0.2) is 65.1 Å². The Morgan fingerprint density at radius 2 is 1.64 bits per heavy atom. The predicted octanol–water partition coefficient (Wildman–Crippen LogP) is 4.62. The van der Waals surface area contributed by atoms with Gasteiger partial charge in [-0.2, -0.15) is 39.5 Å². The first-order chi connectivity index (χ1) is 20.8. The van der Waals surface area contributed by atoms with E-state index in [4.69, 9.17) is 11.6 Å². The largest absolute Gasteiger partial charge is 0.418 e. The number of halogens is 10. The van der Waals surface area contributed by atoms with Gasteiger partial charge in [-0.15, -0.1) is 10.2 Å². The van der Waals surface area contributed by atoms with Crippen molar-refractivity contribution in [3.05, 3.63) is 81.3 Å². The molecule has 0 saturated carbocycles. The number of carbonyl (C=O) groups excluding carboxylic acids is 1. The zero-order valence-electron chi connectivity index (χ0n) is 22.3. The van der Waals surface area contributed by atoms with E-state index in [-0.39, 0.29) is 22.2 Å². The van der Waals surface area contributed by atoms with Crippen LogP contribution in [0.1, 0.15) is 28.2 Å². The smallest absolute Gasteiger partial charge is 0.382 e. The van der Waals surface area contributed by atoms with Crippen LogP contribution in [0.5, 0.6) is 0 Å². The summed E-state index contributed by atoms with van der Waals surface area (Å²) in [5.41, 5.74) is -4.02. The molecule has 242 valence electrons. The molecule has 0 aliphatic heterocycles. The molecule has 1 unspecified atom stereocenters. The average Bonchev–Trinajstić information content (AvgIpc) is 3.51. The van der Waals surface area contributed by atoms with Gasteiger partial charge in [0.25, 0.3) is 5.91 Å². The number of aromatic nitrogens is 6. The molecule has 0 fully saturated rings. The number of alkyl halides is 9. The van der Waals surface area contributed by atoms with Crippen LogP contribution in [-0.2, 0) is 19.3 Å². The van der Waals surface area contributed by atoms with Crippen LogP contribution in [0.15, 0.2) is 53.6 Å². The van der Waals surface area contributed by atoms with Crippen LogP contribution < -0.4 is 11.0 Å². The zero-order valence-corrected chi connectivity index (χ0v) is 23.0. The minimum atomic E-state index is -5.10. The van der Waals surface area contributed by atoms with Crippen molar-refractivity contribution in [3.63, 3.8) is 0 Å². The molecule has 2 heterocycles. The van der Waals surface area contributed by atoms with Gasteiger partial charge < -0.3 is 10.4 Å². The predicted molar refractivity (Wildman–Crippen MR) is 137 cm³/mol. The third kappa shape index (κ3) is 8.01. The maximum atomic E-state index is 13.9. The minimum Gasteiger partial charge on any atom is -0.382 e. The van der Waals surface area contributed by atoms with Crippen LogP contribution in [0.4, 0.5) is 39.5 Å².